The van der Waals surface area contributed by atoms with E-state index in [1.54, 1.807) is 24.4 Å². The molecule has 1 atom stereocenters. The Morgan fingerprint density at radius 1 is 1.31 bits per heavy atom. The van der Waals surface area contributed by atoms with Crippen LogP contribution < -0.4 is 5.32 Å². The molecule has 10 nitrogen and oxygen atoms in total. The Kier molecular flexibility index (Phi) is 5.43. The largest absolute Gasteiger partial charge is 0.352 e. The Bertz CT molecular complexity index is 1130. The van der Waals surface area contributed by atoms with Crippen molar-refractivity contribution < 1.29 is 13.2 Å². The first-order chi connectivity index (χ1) is 13.9. The molecule has 1 saturated heterocycles. The first-order valence-electron chi connectivity index (χ1n) is 8.97. The van der Waals surface area contributed by atoms with E-state index in [4.69, 9.17) is 11.6 Å². The van der Waals surface area contributed by atoms with Gasteiger partial charge in [0.2, 0.25) is 15.9 Å². The highest BCUT2D eigenvalue weighted by Gasteiger charge is 2.34. The molecule has 0 bridgehead atoms. The summed E-state index contributed by atoms with van der Waals surface area (Å²) in [6.07, 6.45) is 5.19. The zero-order chi connectivity index (χ0) is 20.4. The molecule has 0 spiro atoms. The number of hydrogen-bond acceptors (Lipinski definition) is 7. The lowest BCUT2D eigenvalue weighted by Crippen LogP contribution is -2.38. The second-order valence-corrected chi connectivity index (χ2v) is 9.03. The quantitative estimate of drug-likeness (QED) is 0.608. The maximum atomic E-state index is 13.2. The normalized spacial score (nSPS) is 17.6. The number of carbonyl (C=O) groups excluding carboxylic acids is 1. The smallest absolute Gasteiger partial charge is 0.243 e. The number of hydrogen-bond donors (Lipinski definition) is 1. The predicted molar refractivity (Wildman–Crippen MR) is 104 cm³/mol. The molecule has 1 aromatic carbocycles. The van der Waals surface area contributed by atoms with E-state index in [1.165, 1.54) is 21.5 Å². The van der Waals surface area contributed by atoms with Gasteiger partial charge in [0.1, 0.15) is 6.33 Å². The number of benzene rings is 1. The van der Waals surface area contributed by atoms with E-state index < -0.39 is 10.0 Å². The van der Waals surface area contributed by atoms with Crippen molar-refractivity contribution in [3.05, 3.63) is 41.9 Å². The van der Waals surface area contributed by atoms with Gasteiger partial charge in [-0.15, -0.1) is 5.10 Å². The van der Waals surface area contributed by atoms with Crippen molar-refractivity contribution in [2.24, 2.45) is 0 Å². The number of pyridine rings is 1. The monoisotopic (exact) mass is 435 g/mol. The second-order valence-electron chi connectivity index (χ2n) is 6.71. The SMILES string of the molecule is O=C(CCn1cnnn1)NC1CCN(S(=O)(=O)c2cccc3cncc(Cl)c23)C1. The summed E-state index contributed by atoms with van der Waals surface area (Å²) in [7, 11) is -3.77. The molecule has 1 unspecified atom stereocenters. The molecule has 0 aliphatic carbocycles. The van der Waals surface area contributed by atoms with E-state index in [0.29, 0.717) is 30.3 Å². The summed E-state index contributed by atoms with van der Waals surface area (Å²) in [4.78, 5) is 16.3. The molecule has 29 heavy (non-hydrogen) atoms. The average molecular weight is 436 g/mol. The van der Waals surface area contributed by atoms with Crippen LogP contribution >= 0.6 is 11.6 Å². The minimum Gasteiger partial charge on any atom is -0.352 e. The molecule has 1 amide bonds. The maximum Gasteiger partial charge on any atom is 0.243 e. The number of halogens is 1. The van der Waals surface area contributed by atoms with Crippen LogP contribution in [-0.4, -0.2) is 63.0 Å². The molecule has 3 heterocycles. The highest BCUT2D eigenvalue weighted by Crippen LogP contribution is 2.32. The van der Waals surface area contributed by atoms with Crippen molar-refractivity contribution in [2.75, 3.05) is 13.1 Å². The predicted octanol–water partition coefficient (Wildman–Crippen LogP) is 0.844. The van der Waals surface area contributed by atoms with Crippen LogP contribution in [0.3, 0.4) is 0 Å². The molecule has 0 saturated carbocycles. The van der Waals surface area contributed by atoms with E-state index >= 15 is 0 Å². The number of carbonyl (C=O) groups is 1. The van der Waals surface area contributed by atoms with Crippen LogP contribution in [0.1, 0.15) is 12.8 Å². The van der Waals surface area contributed by atoms with Gasteiger partial charge in [0.25, 0.3) is 0 Å². The van der Waals surface area contributed by atoms with Gasteiger partial charge in [-0.2, -0.15) is 4.31 Å². The Hall–Kier alpha value is -2.63. The van der Waals surface area contributed by atoms with Crippen LogP contribution in [0.15, 0.2) is 41.8 Å². The van der Waals surface area contributed by atoms with Gasteiger partial charge < -0.3 is 5.32 Å². The fraction of sp³-hybridized carbons (Fsp3) is 0.353. The van der Waals surface area contributed by atoms with Gasteiger partial charge >= 0.3 is 0 Å². The first kappa shape index (κ1) is 19.7. The Morgan fingerprint density at radius 2 is 2.17 bits per heavy atom. The fourth-order valence-corrected chi connectivity index (χ4v) is 5.44. The summed E-state index contributed by atoms with van der Waals surface area (Å²) in [5.74, 6) is -0.177. The Balaban J connectivity index is 1.45. The van der Waals surface area contributed by atoms with Crippen molar-refractivity contribution in [1.82, 2.24) is 34.8 Å². The molecule has 4 rings (SSSR count). The van der Waals surface area contributed by atoms with Gasteiger partial charge in [-0.3, -0.25) is 9.78 Å². The standard InChI is InChI=1S/C17H18ClN7O3S/c18-14-9-19-8-12-2-1-3-15(17(12)14)29(27,28)25-7-4-13(10-25)21-16(26)5-6-24-11-20-22-23-24/h1-3,8-9,11,13H,4-7,10H2,(H,21,26). The number of aryl methyl sites for hydroxylation is 1. The van der Waals surface area contributed by atoms with E-state index in [1.807, 2.05) is 0 Å². The molecule has 1 aliphatic rings. The number of rotatable bonds is 6. The van der Waals surface area contributed by atoms with Crippen molar-refractivity contribution in [1.29, 1.82) is 0 Å². The van der Waals surface area contributed by atoms with Crippen molar-refractivity contribution in [3.63, 3.8) is 0 Å². The number of tetrazole rings is 1. The first-order valence-corrected chi connectivity index (χ1v) is 10.8. The van der Waals surface area contributed by atoms with Crippen molar-refractivity contribution in [2.45, 2.75) is 30.3 Å². The van der Waals surface area contributed by atoms with Gasteiger partial charge in [-0.25, -0.2) is 13.1 Å². The summed E-state index contributed by atoms with van der Waals surface area (Å²) >= 11 is 6.23. The number of fused-ring (bicyclic) bond motifs is 1. The minimum absolute atomic E-state index is 0.146. The number of aromatic nitrogens is 5. The molecule has 3 aromatic rings. The number of amides is 1. The van der Waals surface area contributed by atoms with Crippen LogP contribution in [0.4, 0.5) is 0 Å². The minimum atomic E-state index is -3.77. The van der Waals surface area contributed by atoms with Crippen LogP contribution in [-0.2, 0) is 21.4 Å². The molecular weight excluding hydrogens is 418 g/mol. The molecule has 1 aliphatic heterocycles. The summed E-state index contributed by atoms with van der Waals surface area (Å²) in [5, 5.41) is 15.0. The van der Waals surface area contributed by atoms with Crippen LogP contribution in [0, 0.1) is 0 Å². The number of nitrogens with one attached hydrogen (secondary N) is 1. The van der Waals surface area contributed by atoms with E-state index in [2.05, 4.69) is 25.8 Å². The topological polar surface area (TPSA) is 123 Å². The third-order valence-electron chi connectivity index (χ3n) is 4.79. The summed E-state index contributed by atoms with van der Waals surface area (Å²) in [5.41, 5.74) is 0. The van der Waals surface area contributed by atoms with Crippen LogP contribution in [0.25, 0.3) is 10.8 Å². The second kappa shape index (κ2) is 8.01. The highest BCUT2D eigenvalue weighted by molar-refractivity contribution is 7.89. The Morgan fingerprint density at radius 3 is 2.97 bits per heavy atom. The molecule has 1 fully saturated rings. The lowest BCUT2D eigenvalue weighted by atomic mass is 10.2. The average Bonchev–Trinajstić information content (AvgIpc) is 3.38. The zero-order valence-electron chi connectivity index (χ0n) is 15.3. The summed E-state index contributed by atoms with van der Waals surface area (Å²) in [6, 6.07) is 4.73. The number of sulfonamides is 1. The maximum absolute atomic E-state index is 13.2. The van der Waals surface area contributed by atoms with E-state index in [9.17, 15) is 13.2 Å². The Labute approximate surface area is 171 Å². The van der Waals surface area contributed by atoms with Crippen molar-refractivity contribution in [3.8, 4) is 0 Å². The highest BCUT2D eigenvalue weighted by atomic mass is 35.5. The zero-order valence-corrected chi connectivity index (χ0v) is 16.8. The summed E-state index contributed by atoms with van der Waals surface area (Å²) in [6.45, 7) is 0.882. The van der Waals surface area contributed by atoms with E-state index in [0.717, 1.165) is 0 Å². The molecule has 2 aromatic heterocycles. The lowest BCUT2D eigenvalue weighted by molar-refractivity contribution is -0.122. The molecule has 1 N–H and O–H groups in total. The third kappa shape index (κ3) is 4.07. The van der Waals surface area contributed by atoms with E-state index in [-0.39, 0.29) is 34.8 Å². The number of nitrogens with zero attached hydrogens (tertiary/aromatic N) is 6. The van der Waals surface area contributed by atoms with Gasteiger partial charge in [0.15, 0.2) is 0 Å². The van der Waals surface area contributed by atoms with Crippen LogP contribution in [0.5, 0.6) is 0 Å². The van der Waals surface area contributed by atoms with Crippen molar-refractivity contribution >= 4 is 38.3 Å². The van der Waals surface area contributed by atoms with Gasteiger partial charge in [-0.1, -0.05) is 23.7 Å². The lowest BCUT2D eigenvalue weighted by Gasteiger charge is -2.18. The third-order valence-corrected chi connectivity index (χ3v) is 6.99. The fourth-order valence-electron chi connectivity index (χ4n) is 3.38. The molecular formula is C17H18ClN7O3S. The van der Waals surface area contributed by atoms with Crippen LogP contribution in [0.2, 0.25) is 5.02 Å². The van der Waals surface area contributed by atoms with Gasteiger partial charge in [0, 0.05) is 48.7 Å². The molecule has 0 radical (unpaired) electrons. The molecule has 12 heteroatoms. The van der Waals surface area contributed by atoms with Gasteiger partial charge in [-0.05, 0) is 22.9 Å². The van der Waals surface area contributed by atoms with Gasteiger partial charge in [0.05, 0.1) is 16.5 Å². The summed E-state index contributed by atoms with van der Waals surface area (Å²) < 4.78 is 29.3. The molecule has 152 valence electrons.